The van der Waals surface area contributed by atoms with Crippen molar-refractivity contribution in [1.82, 2.24) is 20.6 Å². The Balaban J connectivity index is 1.59. The number of aromatic nitrogens is 1. The normalized spacial score (nSPS) is 16.2. The number of nitrogens with one attached hydrogen (secondary N) is 2. The third-order valence-electron chi connectivity index (χ3n) is 2.88. The van der Waals surface area contributed by atoms with Crippen LogP contribution in [0.15, 0.2) is 29.6 Å². The van der Waals surface area contributed by atoms with Crippen LogP contribution in [0.4, 0.5) is 0 Å². The van der Waals surface area contributed by atoms with Crippen LogP contribution >= 0.6 is 12.2 Å². The molecule has 0 aliphatic carbocycles. The summed E-state index contributed by atoms with van der Waals surface area (Å²) in [5.74, 6) is 0. The second-order valence-corrected chi connectivity index (χ2v) is 4.77. The number of ether oxygens (including phenoxy) is 1. The van der Waals surface area contributed by atoms with Gasteiger partial charge in [0.25, 0.3) is 0 Å². The van der Waals surface area contributed by atoms with Crippen LogP contribution in [0.5, 0.6) is 0 Å². The van der Waals surface area contributed by atoms with Crippen LogP contribution in [0.25, 0.3) is 0 Å². The first-order chi connectivity index (χ1) is 9.84. The van der Waals surface area contributed by atoms with Crippen molar-refractivity contribution in [2.45, 2.75) is 0 Å². The number of hydrazone groups is 1. The number of morpholine rings is 1. The summed E-state index contributed by atoms with van der Waals surface area (Å²) in [4.78, 5) is 6.35. The highest BCUT2D eigenvalue weighted by Crippen LogP contribution is 1.94. The van der Waals surface area contributed by atoms with Gasteiger partial charge in [-0.15, -0.1) is 0 Å². The zero-order valence-corrected chi connectivity index (χ0v) is 12.1. The van der Waals surface area contributed by atoms with E-state index in [1.807, 2.05) is 12.1 Å². The molecule has 1 aliphatic heterocycles. The van der Waals surface area contributed by atoms with Gasteiger partial charge in [0.2, 0.25) is 0 Å². The van der Waals surface area contributed by atoms with E-state index in [9.17, 15) is 0 Å². The molecule has 2 rings (SSSR count). The molecule has 6 nitrogen and oxygen atoms in total. The zero-order chi connectivity index (χ0) is 14.0. The largest absolute Gasteiger partial charge is 0.379 e. The molecule has 2 N–H and O–H groups in total. The summed E-state index contributed by atoms with van der Waals surface area (Å²) in [5, 5.41) is 7.71. The first kappa shape index (κ1) is 14.8. The Morgan fingerprint density at radius 1 is 1.50 bits per heavy atom. The van der Waals surface area contributed by atoms with E-state index in [4.69, 9.17) is 17.0 Å². The molecule has 1 aliphatic rings. The Morgan fingerprint density at radius 2 is 2.35 bits per heavy atom. The SMILES string of the molecule is S=C(NCCN1CCOCC1)N/N=C/c1cccnc1. The Kier molecular flexibility index (Phi) is 6.36. The predicted molar refractivity (Wildman–Crippen MR) is 82.8 cm³/mol. The maximum Gasteiger partial charge on any atom is 0.187 e. The first-order valence-electron chi connectivity index (χ1n) is 6.61. The molecule has 1 aromatic heterocycles. The molecule has 0 atom stereocenters. The van der Waals surface area contributed by atoms with E-state index in [-0.39, 0.29) is 0 Å². The molecule has 2 heterocycles. The lowest BCUT2D eigenvalue weighted by atomic mass is 10.3. The number of hydrogen-bond acceptors (Lipinski definition) is 5. The molecule has 0 unspecified atom stereocenters. The van der Waals surface area contributed by atoms with Gasteiger partial charge in [-0.25, -0.2) is 0 Å². The lowest BCUT2D eigenvalue weighted by molar-refractivity contribution is 0.0389. The van der Waals surface area contributed by atoms with Crippen LogP contribution in [0.1, 0.15) is 5.56 Å². The Bertz CT molecular complexity index is 434. The summed E-state index contributed by atoms with van der Waals surface area (Å²) >= 11 is 5.14. The first-order valence-corrected chi connectivity index (χ1v) is 7.02. The van der Waals surface area contributed by atoms with Crippen LogP contribution in [-0.2, 0) is 4.74 Å². The molecule has 20 heavy (non-hydrogen) atoms. The Morgan fingerprint density at radius 3 is 3.10 bits per heavy atom. The summed E-state index contributed by atoms with van der Waals surface area (Å²) in [6, 6.07) is 3.79. The van der Waals surface area contributed by atoms with Gasteiger partial charge >= 0.3 is 0 Å². The molecule has 1 fully saturated rings. The molecule has 7 heteroatoms. The summed E-state index contributed by atoms with van der Waals surface area (Å²) < 4.78 is 5.30. The molecular formula is C13H19N5OS. The van der Waals surface area contributed by atoms with E-state index < -0.39 is 0 Å². The molecule has 0 saturated carbocycles. The van der Waals surface area contributed by atoms with E-state index in [0.717, 1.165) is 45.0 Å². The summed E-state index contributed by atoms with van der Waals surface area (Å²) in [5.41, 5.74) is 3.71. The van der Waals surface area contributed by atoms with Gasteiger partial charge in [0.15, 0.2) is 5.11 Å². The molecule has 1 saturated heterocycles. The fraction of sp³-hybridized carbons (Fsp3) is 0.462. The zero-order valence-electron chi connectivity index (χ0n) is 11.3. The average Bonchev–Trinajstić information content (AvgIpc) is 2.49. The average molecular weight is 293 g/mol. The van der Waals surface area contributed by atoms with Crippen molar-refractivity contribution in [2.24, 2.45) is 5.10 Å². The predicted octanol–water partition coefficient (Wildman–Crippen LogP) is 0.212. The molecule has 0 spiro atoms. The quantitative estimate of drug-likeness (QED) is 0.460. The standard InChI is InChI=1S/C13H19N5OS/c20-13(15-4-5-18-6-8-19-9-7-18)17-16-11-12-2-1-3-14-10-12/h1-3,10-11H,4-9H2,(H2,15,17,20)/b16-11+. The monoisotopic (exact) mass is 293 g/mol. The number of thiocarbonyl (C=S) groups is 1. The minimum atomic E-state index is 0.526. The molecule has 1 aromatic rings. The fourth-order valence-corrected chi connectivity index (χ4v) is 1.96. The molecule has 0 bridgehead atoms. The highest BCUT2D eigenvalue weighted by Gasteiger charge is 2.09. The van der Waals surface area contributed by atoms with Crippen molar-refractivity contribution >= 4 is 23.5 Å². The number of pyridine rings is 1. The minimum Gasteiger partial charge on any atom is -0.379 e. The van der Waals surface area contributed by atoms with E-state index in [1.165, 1.54) is 0 Å². The van der Waals surface area contributed by atoms with Crippen molar-refractivity contribution in [1.29, 1.82) is 0 Å². The van der Waals surface area contributed by atoms with Gasteiger partial charge in [-0.2, -0.15) is 5.10 Å². The molecule has 108 valence electrons. The van der Waals surface area contributed by atoms with Crippen LogP contribution in [0, 0.1) is 0 Å². The van der Waals surface area contributed by atoms with Crippen molar-refractivity contribution in [3.8, 4) is 0 Å². The van der Waals surface area contributed by atoms with E-state index in [2.05, 4.69) is 25.7 Å². The number of hydrogen-bond donors (Lipinski definition) is 2. The summed E-state index contributed by atoms with van der Waals surface area (Å²) in [6.07, 6.45) is 5.14. The summed E-state index contributed by atoms with van der Waals surface area (Å²) in [6.45, 7) is 5.37. The van der Waals surface area contributed by atoms with Crippen molar-refractivity contribution in [2.75, 3.05) is 39.4 Å². The molecule has 0 radical (unpaired) electrons. The molecule has 0 amide bonds. The van der Waals surface area contributed by atoms with E-state index >= 15 is 0 Å². The van der Waals surface area contributed by atoms with Gasteiger partial charge in [0, 0.05) is 44.1 Å². The van der Waals surface area contributed by atoms with Gasteiger partial charge in [0.05, 0.1) is 19.4 Å². The third kappa shape index (κ3) is 5.60. The van der Waals surface area contributed by atoms with Crippen LogP contribution in [0.3, 0.4) is 0 Å². The van der Waals surface area contributed by atoms with Crippen LogP contribution in [-0.4, -0.2) is 60.6 Å². The topological polar surface area (TPSA) is 61.8 Å². The minimum absolute atomic E-state index is 0.526. The maximum absolute atomic E-state index is 5.30. The van der Waals surface area contributed by atoms with Crippen molar-refractivity contribution < 1.29 is 4.74 Å². The second kappa shape index (κ2) is 8.57. The number of rotatable bonds is 5. The van der Waals surface area contributed by atoms with Gasteiger partial charge in [0.1, 0.15) is 0 Å². The van der Waals surface area contributed by atoms with Crippen molar-refractivity contribution in [3.63, 3.8) is 0 Å². The van der Waals surface area contributed by atoms with Crippen molar-refractivity contribution in [3.05, 3.63) is 30.1 Å². The lowest BCUT2D eigenvalue weighted by Crippen LogP contribution is -2.42. The Labute approximate surface area is 124 Å². The highest BCUT2D eigenvalue weighted by molar-refractivity contribution is 7.80. The van der Waals surface area contributed by atoms with Crippen LogP contribution in [0.2, 0.25) is 0 Å². The summed E-state index contributed by atoms with van der Waals surface area (Å²) in [7, 11) is 0. The maximum atomic E-state index is 5.30. The number of nitrogens with zero attached hydrogens (tertiary/aromatic N) is 3. The lowest BCUT2D eigenvalue weighted by Gasteiger charge is -2.26. The highest BCUT2D eigenvalue weighted by atomic mass is 32.1. The molecular weight excluding hydrogens is 274 g/mol. The molecule has 0 aromatic carbocycles. The van der Waals surface area contributed by atoms with Gasteiger partial charge in [-0.1, -0.05) is 6.07 Å². The van der Waals surface area contributed by atoms with Crippen LogP contribution < -0.4 is 10.7 Å². The second-order valence-electron chi connectivity index (χ2n) is 4.37. The van der Waals surface area contributed by atoms with E-state index in [0.29, 0.717) is 5.11 Å². The van der Waals surface area contributed by atoms with Gasteiger partial charge in [-0.3, -0.25) is 15.3 Å². The Hall–Kier alpha value is -1.57. The van der Waals surface area contributed by atoms with Gasteiger partial charge in [-0.05, 0) is 18.3 Å². The smallest absolute Gasteiger partial charge is 0.187 e. The van der Waals surface area contributed by atoms with Gasteiger partial charge < -0.3 is 10.1 Å². The third-order valence-corrected chi connectivity index (χ3v) is 3.12. The fourth-order valence-electron chi connectivity index (χ4n) is 1.81. The van der Waals surface area contributed by atoms with E-state index in [1.54, 1.807) is 18.6 Å².